The van der Waals surface area contributed by atoms with Gasteiger partial charge in [0.25, 0.3) is 0 Å². The highest BCUT2D eigenvalue weighted by Crippen LogP contribution is 2.26. The molecule has 1 aliphatic carbocycles. The number of aromatic nitrogens is 2. The molecule has 0 bridgehead atoms. The Bertz CT molecular complexity index is 673. The van der Waals surface area contributed by atoms with Crippen molar-refractivity contribution in [3.05, 3.63) is 53.6 Å². The summed E-state index contributed by atoms with van der Waals surface area (Å²) < 4.78 is 1.72. The molecular formula is C16H16N2O2. The van der Waals surface area contributed by atoms with Crippen molar-refractivity contribution in [2.24, 2.45) is 13.0 Å². The average Bonchev–Trinajstić information content (AvgIpc) is 2.82. The first-order chi connectivity index (χ1) is 9.66. The predicted octanol–water partition coefficient (Wildman–Crippen LogP) is 2.44. The maximum Gasteiger partial charge on any atom is 0.193 e. The van der Waals surface area contributed by atoms with Crippen LogP contribution < -0.4 is 0 Å². The highest BCUT2D eigenvalue weighted by molar-refractivity contribution is 6.16. The van der Waals surface area contributed by atoms with Gasteiger partial charge < -0.3 is 4.57 Å². The van der Waals surface area contributed by atoms with E-state index in [2.05, 4.69) is 4.98 Å². The molecule has 0 saturated heterocycles. The molecule has 0 spiro atoms. The quantitative estimate of drug-likeness (QED) is 0.477. The van der Waals surface area contributed by atoms with Gasteiger partial charge in [-0.05, 0) is 24.8 Å². The van der Waals surface area contributed by atoms with Crippen molar-refractivity contribution in [3.63, 3.8) is 0 Å². The number of hydrogen-bond acceptors (Lipinski definition) is 3. The molecule has 1 heterocycles. The molecule has 1 aromatic heterocycles. The van der Waals surface area contributed by atoms with Gasteiger partial charge in [0.15, 0.2) is 11.6 Å². The standard InChI is InChI=1S/C16H16N2O2/c1-18-9-14(17-10-18)16(20)13-8-4-6-11-5-2-3-7-12(11)15(13)19/h2-3,5,7,9-10,13H,4,6,8H2,1H3. The van der Waals surface area contributed by atoms with Gasteiger partial charge in [-0.15, -0.1) is 0 Å². The Morgan fingerprint density at radius 1 is 1.35 bits per heavy atom. The van der Waals surface area contributed by atoms with E-state index in [1.165, 1.54) is 0 Å². The van der Waals surface area contributed by atoms with E-state index >= 15 is 0 Å². The molecule has 0 radical (unpaired) electrons. The lowest BCUT2D eigenvalue weighted by Gasteiger charge is -2.11. The van der Waals surface area contributed by atoms with Crippen LogP contribution in [-0.2, 0) is 13.5 Å². The summed E-state index contributed by atoms with van der Waals surface area (Å²) in [6, 6.07) is 7.58. The largest absolute Gasteiger partial charge is 0.340 e. The zero-order chi connectivity index (χ0) is 14.1. The number of aryl methyl sites for hydroxylation is 2. The normalized spacial score (nSPS) is 18.4. The Kier molecular flexibility index (Phi) is 3.22. The maximum absolute atomic E-state index is 12.6. The van der Waals surface area contributed by atoms with Gasteiger partial charge in [-0.25, -0.2) is 4.98 Å². The molecule has 0 N–H and O–H groups in total. The molecule has 0 aliphatic heterocycles. The van der Waals surface area contributed by atoms with Crippen molar-refractivity contribution in [3.8, 4) is 0 Å². The maximum atomic E-state index is 12.6. The van der Waals surface area contributed by atoms with Gasteiger partial charge in [-0.2, -0.15) is 0 Å². The number of Topliss-reactive ketones (excluding diaryl/α,β-unsaturated/α-hetero) is 2. The van der Waals surface area contributed by atoms with Gasteiger partial charge in [-0.1, -0.05) is 24.3 Å². The van der Waals surface area contributed by atoms with Crippen LogP contribution in [0.3, 0.4) is 0 Å². The predicted molar refractivity (Wildman–Crippen MR) is 74.7 cm³/mol. The van der Waals surface area contributed by atoms with E-state index in [9.17, 15) is 9.59 Å². The summed E-state index contributed by atoms with van der Waals surface area (Å²) in [5.74, 6) is -0.811. The highest BCUT2D eigenvalue weighted by Gasteiger charge is 2.32. The Morgan fingerprint density at radius 2 is 2.15 bits per heavy atom. The molecule has 1 unspecified atom stereocenters. The molecule has 20 heavy (non-hydrogen) atoms. The number of nitrogens with zero attached hydrogens (tertiary/aromatic N) is 2. The Labute approximate surface area is 117 Å². The average molecular weight is 268 g/mol. The summed E-state index contributed by atoms with van der Waals surface area (Å²) >= 11 is 0. The van der Waals surface area contributed by atoms with Crippen LogP contribution >= 0.6 is 0 Å². The first kappa shape index (κ1) is 12.8. The van der Waals surface area contributed by atoms with Crippen LogP contribution in [0, 0.1) is 5.92 Å². The van der Waals surface area contributed by atoms with E-state index in [0.29, 0.717) is 17.7 Å². The van der Waals surface area contributed by atoms with Gasteiger partial charge in [-0.3, -0.25) is 9.59 Å². The Morgan fingerprint density at radius 3 is 2.90 bits per heavy atom. The zero-order valence-electron chi connectivity index (χ0n) is 11.4. The summed E-state index contributed by atoms with van der Waals surface area (Å²) in [5, 5.41) is 0. The molecule has 4 nitrogen and oxygen atoms in total. The molecular weight excluding hydrogens is 252 g/mol. The summed E-state index contributed by atoms with van der Waals surface area (Å²) in [7, 11) is 1.81. The minimum absolute atomic E-state index is 0.0613. The molecule has 4 heteroatoms. The van der Waals surface area contributed by atoms with Crippen LogP contribution in [-0.4, -0.2) is 21.1 Å². The number of hydrogen-bond donors (Lipinski definition) is 0. The second-order valence-electron chi connectivity index (χ2n) is 5.25. The van der Waals surface area contributed by atoms with E-state index < -0.39 is 5.92 Å². The lowest BCUT2D eigenvalue weighted by atomic mass is 9.90. The third-order valence-electron chi connectivity index (χ3n) is 3.81. The monoisotopic (exact) mass is 268 g/mol. The fourth-order valence-electron chi connectivity index (χ4n) is 2.76. The van der Waals surface area contributed by atoms with Crippen molar-refractivity contribution in [2.45, 2.75) is 19.3 Å². The number of carbonyl (C=O) groups is 2. The Hall–Kier alpha value is -2.23. The van der Waals surface area contributed by atoms with Crippen LogP contribution in [0.25, 0.3) is 0 Å². The number of fused-ring (bicyclic) bond motifs is 1. The molecule has 2 aromatic rings. The van der Waals surface area contributed by atoms with Crippen molar-refractivity contribution in [1.82, 2.24) is 9.55 Å². The zero-order valence-corrected chi connectivity index (χ0v) is 11.4. The summed E-state index contributed by atoms with van der Waals surface area (Å²) in [6.45, 7) is 0. The molecule has 102 valence electrons. The lowest BCUT2D eigenvalue weighted by molar-refractivity contribution is 0.0799. The van der Waals surface area contributed by atoms with Crippen molar-refractivity contribution in [2.75, 3.05) is 0 Å². The molecule has 3 rings (SSSR count). The van der Waals surface area contributed by atoms with Gasteiger partial charge in [0, 0.05) is 18.8 Å². The van der Waals surface area contributed by atoms with E-state index in [1.54, 1.807) is 17.1 Å². The SMILES string of the molecule is Cn1cnc(C(=O)C2CCCc3ccccc3C2=O)c1. The second kappa shape index (κ2) is 5.04. The van der Waals surface area contributed by atoms with Gasteiger partial charge in [0.2, 0.25) is 0 Å². The topological polar surface area (TPSA) is 52.0 Å². The Balaban J connectivity index is 1.95. The number of ketones is 2. The first-order valence-electron chi connectivity index (χ1n) is 6.81. The van der Waals surface area contributed by atoms with E-state index in [-0.39, 0.29) is 11.6 Å². The number of benzene rings is 1. The fourth-order valence-corrected chi connectivity index (χ4v) is 2.76. The van der Waals surface area contributed by atoms with Gasteiger partial charge >= 0.3 is 0 Å². The first-order valence-corrected chi connectivity index (χ1v) is 6.81. The summed E-state index contributed by atoms with van der Waals surface area (Å²) in [4.78, 5) is 29.2. The molecule has 1 atom stereocenters. The fraction of sp³-hybridized carbons (Fsp3) is 0.312. The van der Waals surface area contributed by atoms with Crippen LogP contribution in [0.15, 0.2) is 36.8 Å². The van der Waals surface area contributed by atoms with E-state index in [0.717, 1.165) is 18.4 Å². The lowest BCUT2D eigenvalue weighted by Crippen LogP contribution is -2.24. The summed E-state index contributed by atoms with van der Waals surface area (Å²) in [5.41, 5.74) is 2.12. The third kappa shape index (κ3) is 2.18. The molecule has 0 amide bonds. The van der Waals surface area contributed by atoms with Crippen LogP contribution in [0.2, 0.25) is 0 Å². The number of carbonyl (C=O) groups excluding carboxylic acids is 2. The molecule has 1 aromatic carbocycles. The minimum atomic E-state index is -0.589. The van der Waals surface area contributed by atoms with Crippen molar-refractivity contribution >= 4 is 11.6 Å². The number of rotatable bonds is 2. The second-order valence-corrected chi connectivity index (χ2v) is 5.25. The third-order valence-corrected chi connectivity index (χ3v) is 3.81. The summed E-state index contributed by atoms with van der Waals surface area (Å²) in [6.07, 6.45) is 5.57. The van der Waals surface area contributed by atoms with E-state index in [1.807, 2.05) is 31.3 Å². The molecule has 0 fully saturated rings. The van der Waals surface area contributed by atoms with Gasteiger partial charge in [0.1, 0.15) is 5.69 Å². The smallest absolute Gasteiger partial charge is 0.193 e. The van der Waals surface area contributed by atoms with Crippen molar-refractivity contribution in [1.29, 1.82) is 0 Å². The molecule has 0 saturated carbocycles. The van der Waals surface area contributed by atoms with Crippen LogP contribution in [0.4, 0.5) is 0 Å². The van der Waals surface area contributed by atoms with E-state index in [4.69, 9.17) is 0 Å². The highest BCUT2D eigenvalue weighted by atomic mass is 16.2. The van der Waals surface area contributed by atoms with Crippen LogP contribution in [0.5, 0.6) is 0 Å². The minimum Gasteiger partial charge on any atom is -0.340 e. The van der Waals surface area contributed by atoms with Crippen molar-refractivity contribution < 1.29 is 9.59 Å². The van der Waals surface area contributed by atoms with Gasteiger partial charge in [0.05, 0.1) is 12.2 Å². The number of imidazole rings is 1. The van der Waals surface area contributed by atoms with Crippen LogP contribution in [0.1, 0.15) is 39.3 Å². The molecule has 1 aliphatic rings.